The number of aromatic nitrogens is 1. The van der Waals surface area contributed by atoms with Crippen molar-refractivity contribution in [2.45, 2.75) is 45.6 Å². The third-order valence-corrected chi connectivity index (χ3v) is 4.61. The van der Waals surface area contributed by atoms with Gasteiger partial charge < -0.3 is 15.6 Å². The summed E-state index contributed by atoms with van der Waals surface area (Å²) >= 11 is 0. The molecule has 5 heteroatoms. The Morgan fingerprint density at radius 1 is 1.20 bits per heavy atom. The molecule has 0 unspecified atom stereocenters. The van der Waals surface area contributed by atoms with Gasteiger partial charge in [0.25, 0.3) is 0 Å². The molecule has 2 aromatic rings. The van der Waals surface area contributed by atoms with Crippen molar-refractivity contribution in [2.24, 2.45) is 4.99 Å². The van der Waals surface area contributed by atoms with Crippen molar-refractivity contribution in [3.8, 4) is 0 Å². The molecule has 0 radical (unpaired) electrons. The Morgan fingerprint density at radius 2 is 2.00 bits per heavy atom. The van der Waals surface area contributed by atoms with Gasteiger partial charge in [0.05, 0.1) is 0 Å². The maximum Gasteiger partial charge on any atom is 0.191 e. The van der Waals surface area contributed by atoms with E-state index in [2.05, 4.69) is 66.0 Å². The number of rotatable bonds is 6. The molecule has 1 aliphatic carbocycles. The first kappa shape index (κ1) is 19.8. The molecule has 3 rings (SSSR count). The van der Waals surface area contributed by atoms with Gasteiger partial charge in [-0.1, -0.05) is 37.3 Å². The second kappa shape index (κ2) is 9.85. The van der Waals surface area contributed by atoms with Crippen LogP contribution in [-0.2, 0) is 12.8 Å². The summed E-state index contributed by atoms with van der Waals surface area (Å²) in [6.07, 6.45) is 10.8. The van der Waals surface area contributed by atoms with Crippen LogP contribution < -0.4 is 10.6 Å². The Morgan fingerprint density at radius 3 is 2.72 bits per heavy atom. The Bertz CT molecular complexity index is 724. The van der Waals surface area contributed by atoms with E-state index < -0.39 is 0 Å². The molecular formula is C20H29IN4. The van der Waals surface area contributed by atoms with Gasteiger partial charge in [-0.2, -0.15) is 0 Å². The predicted molar refractivity (Wildman–Crippen MR) is 118 cm³/mol. The number of H-pyrrole nitrogens is 1. The monoisotopic (exact) mass is 452 g/mol. The molecule has 0 amide bonds. The number of nitrogens with zero attached hydrogens (tertiary/aromatic N) is 1. The van der Waals surface area contributed by atoms with Crippen LogP contribution in [0, 0.1) is 0 Å². The highest BCUT2D eigenvalue weighted by molar-refractivity contribution is 14.0. The first-order valence-corrected chi connectivity index (χ1v) is 9.09. The second-order valence-corrected chi connectivity index (χ2v) is 6.30. The molecule has 1 aliphatic rings. The molecule has 0 saturated heterocycles. The lowest BCUT2D eigenvalue weighted by Crippen LogP contribution is -2.42. The molecular weight excluding hydrogens is 423 g/mol. The van der Waals surface area contributed by atoms with Crippen LogP contribution in [0.15, 0.2) is 41.5 Å². The first-order chi connectivity index (χ1) is 11.8. The zero-order chi connectivity index (χ0) is 16.8. The van der Waals surface area contributed by atoms with Gasteiger partial charge in [0.1, 0.15) is 0 Å². The zero-order valence-electron chi connectivity index (χ0n) is 15.1. The normalized spacial score (nSPS) is 14.7. The van der Waals surface area contributed by atoms with E-state index in [-0.39, 0.29) is 24.0 Å². The lowest BCUT2D eigenvalue weighted by molar-refractivity contribution is 0.633. The maximum atomic E-state index is 4.75. The molecule has 0 fully saturated rings. The van der Waals surface area contributed by atoms with Crippen LogP contribution in [-0.4, -0.2) is 30.1 Å². The van der Waals surface area contributed by atoms with Gasteiger partial charge in [0, 0.05) is 36.2 Å². The summed E-state index contributed by atoms with van der Waals surface area (Å²) in [7, 11) is 0. The van der Waals surface area contributed by atoms with E-state index in [0.717, 1.165) is 44.7 Å². The van der Waals surface area contributed by atoms with E-state index >= 15 is 0 Å². The summed E-state index contributed by atoms with van der Waals surface area (Å²) in [4.78, 5) is 8.20. The zero-order valence-corrected chi connectivity index (χ0v) is 17.5. The number of halogens is 1. The number of para-hydroxylation sites is 1. The van der Waals surface area contributed by atoms with E-state index in [0.29, 0.717) is 6.04 Å². The molecule has 136 valence electrons. The fourth-order valence-corrected chi connectivity index (χ4v) is 3.31. The summed E-state index contributed by atoms with van der Waals surface area (Å²) in [5, 5.41) is 8.20. The standard InChI is InChI=1S/C20H28N4.HI/c1-3-15-8-7-11-18-16(14-23-19(15)18)12-13-22-20(21-4-2)24-17-9-5-6-10-17;/h5-8,11,14,17,23H,3-4,9-10,12-13H2,1-2H3,(H2,21,22,24);1H. The van der Waals surface area contributed by atoms with Gasteiger partial charge in [-0.05, 0) is 43.7 Å². The number of guanidine groups is 1. The molecule has 4 nitrogen and oxygen atoms in total. The van der Waals surface area contributed by atoms with Crippen molar-refractivity contribution >= 4 is 40.8 Å². The lowest BCUT2D eigenvalue weighted by atomic mass is 10.1. The molecule has 1 aromatic carbocycles. The Kier molecular flexibility index (Phi) is 7.81. The van der Waals surface area contributed by atoms with Gasteiger partial charge in [-0.25, -0.2) is 0 Å². The number of hydrogen-bond donors (Lipinski definition) is 3. The molecule has 0 spiro atoms. The Balaban J connectivity index is 0.00000225. The van der Waals surface area contributed by atoms with Crippen molar-refractivity contribution < 1.29 is 0 Å². The van der Waals surface area contributed by atoms with E-state index in [9.17, 15) is 0 Å². The fraction of sp³-hybridized carbons (Fsp3) is 0.450. The molecule has 1 aromatic heterocycles. The predicted octanol–water partition coefficient (Wildman–Crippen LogP) is 4.16. The van der Waals surface area contributed by atoms with Crippen molar-refractivity contribution in [3.63, 3.8) is 0 Å². The Labute approximate surface area is 167 Å². The number of aromatic amines is 1. The third kappa shape index (κ3) is 5.00. The quantitative estimate of drug-likeness (QED) is 0.267. The van der Waals surface area contributed by atoms with Crippen molar-refractivity contribution in [3.05, 3.63) is 47.7 Å². The van der Waals surface area contributed by atoms with Crippen molar-refractivity contribution in [2.75, 3.05) is 13.1 Å². The maximum absolute atomic E-state index is 4.75. The van der Waals surface area contributed by atoms with E-state index in [1.54, 1.807) is 0 Å². The minimum atomic E-state index is 0. The SMILES string of the molecule is CCNC(=NCCc1c[nH]c2c(CC)cccc12)NC1CC=CC1.I. The highest BCUT2D eigenvalue weighted by Gasteiger charge is 2.11. The molecule has 3 N–H and O–H groups in total. The lowest BCUT2D eigenvalue weighted by Gasteiger charge is -2.16. The third-order valence-electron chi connectivity index (χ3n) is 4.61. The largest absolute Gasteiger partial charge is 0.361 e. The average molecular weight is 452 g/mol. The van der Waals surface area contributed by atoms with Crippen LogP contribution in [0.1, 0.15) is 37.8 Å². The first-order valence-electron chi connectivity index (χ1n) is 9.09. The molecule has 0 atom stereocenters. The second-order valence-electron chi connectivity index (χ2n) is 6.30. The molecule has 0 aliphatic heterocycles. The van der Waals surface area contributed by atoms with Crippen LogP contribution in [0.4, 0.5) is 0 Å². The molecule has 0 bridgehead atoms. The van der Waals surface area contributed by atoms with E-state index in [1.807, 2.05) is 0 Å². The minimum Gasteiger partial charge on any atom is -0.361 e. The van der Waals surface area contributed by atoms with Crippen molar-refractivity contribution in [1.29, 1.82) is 0 Å². The number of benzene rings is 1. The van der Waals surface area contributed by atoms with E-state index in [1.165, 1.54) is 22.0 Å². The van der Waals surface area contributed by atoms with Gasteiger partial charge in [0.15, 0.2) is 5.96 Å². The van der Waals surface area contributed by atoms with Gasteiger partial charge in [-0.3, -0.25) is 4.99 Å². The Hall–Kier alpha value is -1.50. The average Bonchev–Trinajstić information content (AvgIpc) is 3.25. The summed E-state index contributed by atoms with van der Waals surface area (Å²) in [6, 6.07) is 7.05. The highest BCUT2D eigenvalue weighted by Crippen LogP contribution is 2.22. The van der Waals surface area contributed by atoms with Crippen LogP contribution in [0.5, 0.6) is 0 Å². The number of aryl methyl sites for hydroxylation is 1. The number of aliphatic imine (C=N–C) groups is 1. The summed E-state index contributed by atoms with van der Waals surface area (Å²) in [5.41, 5.74) is 4.01. The van der Waals surface area contributed by atoms with Crippen LogP contribution >= 0.6 is 24.0 Å². The van der Waals surface area contributed by atoms with E-state index in [4.69, 9.17) is 4.99 Å². The minimum absolute atomic E-state index is 0. The van der Waals surface area contributed by atoms with Gasteiger partial charge in [-0.15, -0.1) is 24.0 Å². The number of hydrogen-bond acceptors (Lipinski definition) is 1. The smallest absolute Gasteiger partial charge is 0.191 e. The number of nitrogens with one attached hydrogen (secondary N) is 3. The van der Waals surface area contributed by atoms with Gasteiger partial charge >= 0.3 is 0 Å². The highest BCUT2D eigenvalue weighted by atomic mass is 127. The van der Waals surface area contributed by atoms with Gasteiger partial charge in [0.2, 0.25) is 0 Å². The number of fused-ring (bicyclic) bond motifs is 1. The molecule has 25 heavy (non-hydrogen) atoms. The summed E-state index contributed by atoms with van der Waals surface area (Å²) in [6.45, 7) is 5.99. The topological polar surface area (TPSA) is 52.2 Å². The van der Waals surface area contributed by atoms with Crippen LogP contribution in [0.25, 0.3) is 10.9 Å². The molecule has 0 saturated carbocycles. The van der Waals surface area contributed by atoms with Crippen LogP contribution in [0.2, 0.25) is 0 Å². The summed E-state index contributed by atoms with van der Waals surface area (Å²) in [5.74, 6) is 0.931. The summed E-state index contributed by atoms with van der Waals surface area (Å²) < 4.78 is 0. The molecule has 1 heterocycles. The fourth-order valence-electron chi connectivity index (χ4n) is 3.31. The van der Waals surface area contributed by atoms with Crippen LogP contribution in [0.3, 0.4) is 0 Å². The van der Waals surface area contributed by atoms with Crippen molar-refractivity contribution in [1.82, 2.24) is 15.6 Å².